The molecule has 2 aliphatic heterocycles. The van der Waals surface area contributed by atoms with Gasteiger partial charge in [0.05, 0.1) is 6.17 Å². The second-order valence-corrected chi connectivity index (χ2v) is 5.88. The summed E-state index contributed by atoms with van der Waals surface area (Å²) in [4.78, 5) is 5.14. The smallest absolute Gasteiger partial charge is 0.0882 e. The number of nitrogens with one attached hydrogen (secondary N) is 1. The standard InChI is InChI=1S/C13H29N5/c1-15-13(17(3)14)12-5-4-8-18(12)11-6-9-16(2)10-7-11/h11-13,15H,4-10,14H2,1-3H3. The fraction of sp³-hybridized carbons (Fsp3) is 1.00. The Morgan fingerprint density at radius 1 is 1.22 bits per heavy atom. The van der Waals surface area contributed by atoms with Gasteiger partial charge in [-0.25, -0.2) is 5.01 Å². The Bertz CT molecular complexity index is 250. The van der Waals surface area contributed by atoms with E-state index in [0.717, 1.165) is 6.04 Å². The van der Waals surface area contributed by atoms with Crippen LogP contribution in [0.2, 0.25) is 0 Å². The van der Waals surface area contributed by atoms with E-state index in [1.807, 2.05) is 19.1 Å². The first-order valence-corrected chi connectivity index (χ1v) is 7.22. The molecule has 0 aromatic rings. The van der Waals surface area contributed by atoms with Gasteiger partial charge in [0.1, 0.15) is 0 Å². The molecule has 0 saturated carbocycles. The summed E-state index contributed by atoms with van der Waals surface area (Å²) in [5.41, 5.74) is 0. The summed E-state index contributed by atoms with van der Waals surface area (Å²) in [6.45, 7) is 3.71. The lowest BCUT2D eigenvalue weighted by atomic mass is 10.0. The normalized spacial score (nSPS) is 30.2. The third-order valence-corrected chi connectivity index (χ3v) is 4.60. The molecule has 5 nitrogen and oxygen atoms in total. The van der Waals surface area contributed by atoms with E-state index in [1.165, 1.54) is 45.3 Å². The quantitative estimate of drug-likeness (QED) is 0.417. The molecule has 106 valence electrons. The van der Waals surface area contributed by atoms with Crippen molar-refractivity contribution < 1.29 is 0 Å². The van der Waals surface area contributed by atoms with Gasteiger partial charge in [-0.15, -0.1) is 0 Å². The van der Waals surface area contributed by atoms with Gasteiger partial charge in [-0.1, -0.05) is 0 Å². The molecule has 2 rings (SSSR count). The lowest BCUT2D eigenvalue weighted by molar-refractivity contribution is 0.0516. The van der Waals surface area contributed by atoms with Gasteiger partial charge in [0.25, 0.3) is 0 Å². The number of rotatable bonds is 4. The zero-order valence-electron chi connectivity index (χ0n) is 12.1. The van der Waals surface area contributed by atoms with Gasteiger partial charge in [-0.2, -0.15) is 0 Å². The van der Waals surface area contributed by atoms with Gasteiger partial charge in [0, 0.05) is 19.1 Å². The lowest BCUT2D eigenvalue weighted by Crippen LogP contribution is -2.59. The minimum Gasteiger partial charge on any atom is -0.306 e. The zero-order valence-corrected chi connectivity index (χ0v) is 12.1. The summed E-state index contributed by atoms with van der Waals surface area (Å²) in [5.74, 6) is 5.98. The Labute approximate surface area is 111 Å². The third kappa shape index (κ3) is 3.03. The molecule has 5 heteroatoms. The maximum absolute atomic E-state index is 5.98. The average molecular weight is 255 g/mol. The zero-order chi connectivity index (χ0) is 13.1. The molecule has 0 aliphatic carbocycles. The van der Waals surface area contributed by atoms with Crippen LogP contribution in [0.1, 0.15) is 25.7 Å². The van der Waals surface area contributed by atoms with Gasteiger partial charge in [0.15, 0.2) is 0 Å². The SMILES string of the molecule is CNC(C1CCCN1C1CCN(C)CC1)N(C)N. The van der Waals surface area contributed by atoms with Crippen LogP contribution in [0.5, 0.6) is 0 Å². The van der Waals surface area contributed by atoms with Crippen LogP contribution in [-0.4, -0.2) is 73.8 Å². The molecule has 0 amide bonds. The molecular weight excluding hydrogens is 226 g/mol. The summed E-state index contributed by atoms with van der Waals surface area (Å²) in [7, 11) is 6.20. The van der Waals surface area contributed by atoms with Crippen molar-refractivity contribution in [2.45, 2.75) is 43.9 Å². The number of likely N-dealkylation sites (N-methyl/N-ethyl adjacent to an activating group) is 2. The monoisotopic (exact) mass is 255 g/mol. The molecule has 18 heavy (non-hydrogen) atoms. The van der Waals surface area contributed by atoms with Crippen molar-refractivity contribution in [3.63, 3.8) is 0 Å². The molecule has 2 fully saturated rings. The van der Waals surface area contributed by atoms with Crippen molar-refractivity contribution in [1.29, 1.82) is 0 Å². The van der Waals surface area contributed by atoms with Crippen LogP contribution in [0.3, 0.4) is 0 Å². The average Bonchev–Trinajstić information content (AvgIpc) is 2.79. The number of nitrogens with two attached hydrogens (primary N) is 1. The summed E-state index contributed by atoms with van der Waals surface area (Å²) >= 11 is 0. The van der Waals surface area contributed by atoms with Crippen LogP contribution < -0.4 is 11.2 Å². The number of piperidine rings is 1. The number of likely N-dealkylation sites (tertiary alicyclic amines) is 2. The van der Waals surface area contributed by atoms with Crippen LogP contribution >= 0.6 is 0 Å². The Morgan fingerprint density at radius 2 is 1.89 bits per heavy atom. The Kier molecular flexibility index (Phi) is 4.98. The van der Waals surface area contributed by atoms with E-state index in [9.17, 15) is 0 Å². The van der Waals surface area contributed by atoms with Gasteiger partial charge >= 0.3 is 0 Å². The van der Waals surface area contributed by atoms with E-state index in [1.54, 1.807) is 0 Å². The highest BCUT2D eigenvalue weighted by Crippen LogP contribution is 2.27. The van der Waals surface area contributed by atoms with Crippen LogP contribution in [0.25, 0.3) is 0 Å². The molecule has 2 aliphatic rings. The molecular formula is C13H29N5. The molecule has 0 radical (unpaired) electrons. The molecule has 0 spiro atoms. The fourth-order valence-corrected chi connectivity index (χ4v) is 3.60. The summed E-state index contributed by atoms with van der Waals surface area (Å²) in [6, 6.07) is 1.32. The third-order valence-electron chi connectivity index (χ3n) is 4.60. The Morgan fingerprint density at radius 3 is 2.44 bits per heavy atom. The predicted molar refractivity (Wildman–Crippen MR) is 75.0 cm³/mol. The minimum atomic E-state index is 0.271. The summed E-state index contributed by atoms with van der Waals surface area (Å²) in [5, 5.41) is 5.20. The van der Waals surface area contributed by atoms with E-state index in [-0.39, 0.29) is 6.17 Å². The van der Waals surface area contributed by atoms with Gasteiger partial charge in [-0.3, -0.25) is 10.7 Å². The van der Waals surface area contributed by atoms with Crippen molar-refractivity contribution in [3.8, 4) is 0 Å². The number of nitrogens with zero attached hydrogens (tertiary/aromatic N) is 3. The molecule has 2 saturated heterocycles. The van der Waals surface area contributed by atoms with E-state index >= 15 is 0 Å². The Hall–Kier alpha value is -0.200. The molecule has 0 aromatic carbocycles. The topological polar surface area (TPSA) is 47.8 Å². The Balaban J connectivity index is 1.98. The van der Waals surface area contributed by atoms with Crippen LogP contribution in [-0.2, 0) is 0 Å². The second-order valence-electron chi connectivity index (χ2n) is 5.88. The minimum absolute atomic E-state index is 0.271. The number of hydrazine groups is 1. The maximum Gasteiger partial charge on any atom is 0.0882 e. The molecule has 0 bridgehead atoms. The first kappa shape index (κ1) is 14.2. The first-order valence-electron chi connectivity index (χ1n) is 7.22. The van der Waals surface area contributed by atoms with E-state index in [2.05, 4.69) is 22.2 Å². The highest BCUT2D eigenvalue weighted by molar-refractivity contribution is 4.92. The molecule has 2 unspecified atom stereocenters. The van der Waals surface area contributed by atoms with E-state index in [0.29, 0.717) is 6.04 Å². The van der Waals surface area contributed by atoms with E-state index < -0.39 is 0 Å². The van der Waals surface area contributed by atoms with Crippen LogP contribution in [0, 0.1) is 0 Å². The lowest BCUT2D eigenvalue weighted by Gasteiger charge is -2.42. The molecule has 2 heterocycles. The summed E-state index contributed by atoms with van der Waals surface area (Å²) < 4.78 is 0. The predicted octanol–water partition coefficient (Wildman–Crippen LogP) is -0.104. The second kappa shape index (κ2) is 6.30. The van der Waals surface area contributed by atoms with Crippen LogP contribution in [0.15, 0.2) is 0 Å². The first-order chi connectivity index (χ1) is 8.63. The highest BCUT2D eigenvalue weighted by atomic mass is 15.5. The van der Waals surface area contributed by atoms with Crippen molar-refractivity contribution in [2.75, 3.05) is 40.8 Å². The molecule has 3 N–H and O–H groups in total. The molecule has 0 aromatic heterocycles. The van der Waals surface area contributed by atoms with E-state index in [4.69, 9.17) is 5.84 Å². The van der Waals surface area contributed by atoms with Gasteiger partial charge in [0.2, 0.25) is 0 Å². The van der Waals surface area contributed by atoms with Gasteiger partial charge < -0.3 is 10.2 Å². The molecule has 2 atom stereocenters. The van der Waals surface area contributed by atoms with Gasteiger partial charge in [-0.05, 0) is 59.4 Å². The number of hydrogen-bond donors (Lipinski definition) is 2. The van der Waals surface area contributed by atoms with Crippen molar-refractivity contribution >= 4 is 0 Å². The largest absolute Gasteiger partial charge is 0.306 e. The van der Waals surface area contributed by atoms with Crippen LogP contribution in [0.4, 0.5) is 0 Å². The van der Waals surface area contributed by atoms with Crippen molar-refractivity contribution in [1.82, 2.24) is 20.1 Å². The van der Waals surface area contributed by atoms with Crippen molar-refractivity contribution in [2.24, 2.45) is 5.84 Å². The maximum atomic E-state index is 5.98. The highest BCUT2D eigenvalue weighted by Gasteiger charge is 2.37. The fourth-order valence-electron chi connectivity index (χ4n) is 3.60. The number of hydrogen-bond acceptors (Lipinski definition) is 5. The summed E-state index contributed by atoms with van der Waals surface area (Å²) in [6.07, 6.45) is 5.45. The van der Waals surface area contributed by atoms with Crippen molar-refractivity contribution in [3.05, 3.63) is 0 Å².